The zero-order chi connectivity index (χ0) is 25.1. The summed E-state index contributed by atoms with van der Waals surface area (Å²) in [6.45, 7) is 10.8. The van der Waals surface area contributed by atoms with Gasteiger partial charge >= 0.3 is 18.5 Å². The Morgan fingerprint density at radius 2 is 0.848 bits per heavy atom. The maximum atomic E-state index is 11.4. The van der Waals surface area contributed by atoms with Gasteiger partial charge in [-0.05, 0) is 41.5 Å². The molecule has 0 bridgehead atoms. The molecule has 0 N–H and O–H groups in total. The summed E-state index contributed by atoms with van der Waals surface area (Å²) in [5.74, 6) is 0. The number of carbonyl (C=O) groups is 3. The lowest BCUT2D eigenvalue weighted by molar-refractivity contribution is -0.0809. The highest BCUT2D eigenvalue weighted by Gasteiger charge is 2.13. The largest absolute Gasteiger partial charge is 0.508 e. The van der Waals surface area contributed by atoms with Crippen LogP contribution >= 0.6 is 0 Å². The topological polar surface area (TPSA) is 134 Å². The maximum Gasteiger partial charge on any atom is 0.508 e. The first-order chi connectivity index (χ1) is 15.6. The highest BCUT2D eigenvalue weighted by atomic mass is 16.7. The molecule has 0 aliphatic carbocycles. The average Bonchev–Trinajstić information content (AvgIpc) is 2.68. The van der Waals surface area contributed by atoms with E-state index in [1.165, 1.54) is 0 Å². The molecule has 12 heteroatoms. The molecule has 0 aliphatic heterocycles. The van der Waals surface area contributed by atoms with E-state index in [4.69, 9.17) is 42.6 Å². The molecule has 0 radical (unpaired) electrons. The molecule has 0 fully saturated rings. The Morgan fingerprint density at radius 1 is 0.515 bits per heavy atom. The van der Waals surface area contributed by atoms with Crippen molar-refractivity contribution in [3.05, 3.63) is 0 Å². The molecule has 0 aliphatic rings. The summed E-state index contributed by atoms with van der Waals surface area (Å²) >= 11 is 0. The van der Waals surface area contributed by atoms with E-state index in [0.717, 1.165) is 0 Å². The molecule has 0 heterocycles. The summed E-state index contributed by atoms with van der Waals surface area (Å²) in [5, 5.41) is 0. The van der Waals surface area contributed by atoms with Gasteiger partial charge in [-0.2, -0.15) is 0 Å². The van der Waals surface area contributed by atoms with E-state index >= 15 is 0 Å². The highest BCUT2D eigenvalue weighted by Crippen LogP contribution is 2.00. The second kappa shape index (κ2) is 19.2. The van der Waals surface area contributed by atoms with E-state index in [-0.39, 0.29) is 71.2 Å². The van der Waals surface area contributed by atoms with Gasteiger partial charge in [0.05, 0.1) is 51.3 Å². The molecule has 0 rings (SSSR count). The SMILES string of the molecule is CC(C)OC(=O)OCCOCC(COCCOC(=O)OC(C)C)OCCOC(=O)OC(C)C. The van der Waals surface area contributed by atoms with E-state index in [1.807, 2.05) is 0 Å². The number of rotatable bonds is 17. The van der Waals surface area contributed by atoms with Gasteiger partial charge in [-0.25, -0.2) is 14.4 Å². The Balaban J connectivity index is 4.22. The Hall–Kier alpha value is -2.31. The average molecular weight is 483 g/mol. The van der Waals surface area contributed by atoms with Crippen LogP contribution in [0.3, 0.4) is 0 Å². The Morgan fingerprint density at radius 3 is 1.18 bits per heavy atom. The molecule has 0 aromatic heterocycles. The number of ether oxygens (including phenoxy) is 9. The molecule has 194 valence electrons. The van der Waals surface area contributed by atoms with Crippen LogP contribution in [0.25, 0.3) is 0 Å². The van der Waals surface area contributed by atoms with E-state index in [1.54, 1.807) is 41.5 Å². The summed E-state index contributed by atoms with van der Waals surface area (Å²) in [4.78, 5) is 34.0. The quantitative estimate of drug-likeness (QED) is 0.171. The van der Waals surface area contributed by atoms with Crippen molar-refractivity contribution < 1.29 is 57.0 Å². The molecular formula is C21H38O12. The van der Waals surface area contributed by atoms with Gasteiger partial charge in [0.2, 0.25) is 0 Å². The second-order valence-corrected chi connectivity index (χ2v) is 7.44. The fourth-order valence-corrected chi connectivity index (χ4v) is 1.96. The van der Waals surface area contributed by atoms with Gasteiger partial charge in [0.1, 0.15) is 25.9 Å². The van der Waals surface area contributed by atoms with Crippen LogP contribution in [0.2, 0.25) is 0 Å². The zero-order valence-electron chi connectivity index (χ0n) is 20.4. The van der Waals surface area contributed by atoms with E-state index < -0.39 is 24.6 Å². The van der Waals surface area contributed by atoms with Crippen molar-refractivity contribution in [2.24, 2.45) is 0 Å². The molecule has 33 heavy (non-hydrogen) atoms. The fourth-order valence-electron chi connectivity index (χ4n) is 1.96. The number of hydrogen-bond donors (Lipinski definition) is 0. The molecular weight excluding hydrogens is 444 g/mol. The molecule has 0 spiro atoms. The van der Waals surface area contributed by atoms with E-state index in [2.05, 4.69) is 0 Å². The van der Waals surface area contributed by atoms with Crippen molar-refractivity contribution >= 4 is 18.5 Å². The van der Waals surface area contributed by atoms with Crippen molar-refractivity contribution in [3.63, 3.8) is 0 Å². The normalized spacial score (nSPS) is 11.1. The minimum atomic E-state index is -0.784. The lowest BCUT2D eigenvalue weighted by Crippen LogP contribution is -2.29. The van der Waals surface area contributed by atoms with Crippen molar-refractivity contribution in [1.82, 2.24) is 0 Å². The smallest absolute Gasteiger partial charge is 0.432 e. The van der Waals surface area contributed by atoms with Crippen molar-refractivity contribution in [2.75, 3.05) is 52.9 Å². The van der Waals surface area contributed by atoms with Crippen LogP contribution in [0.5, 0.6) is 0 Å². The predicted molar refractivity (Wildman–Crippen MR) is 114 cm³/mol. The van der Waals surface area contributed by atoms with Crippen LogP contribution in [-0.2, 0) is 42.6 Å². The maximum absolute atomic E-state index is 11.4. The minimum Gasteiger partial charge on any atom is -0.432 e. The molecule has 0 amide bonds. The van der Waals surface area contributed by atoms with E-state index in [9.17, 15) is 14.4 Å². The summed E-state index contributed by atoms with van der Waals surface area (Å²) in [5.41, 5.74) is 0. The van der Waals surface area contributed by atoms with Crippen LogP contribution in [0.1, 0.15) is 41.5 Å². The lowest BCUT2D eigenvalue weighted by atomic mass is 10.4. The second-order valence-electron chi connectivity index (χ2n) is 7.44. The molecule has 12 nitrogen and oxygen atoms in total. The van der Waals surface area contributed by atoms with Gasteiger partial charge in [0.25, 0.3) is 0 Å². The van der Waals surface area contributed by atoms with Gasteiger partial charge in [-0.1, -0.05) is 0 Å². The predicted octanol–water partition coefficient (Wildman–Crippen LogP) is 3.09. The molecule has 0 aromatic rings. The van der Waals surface area contributed by atoms with Crippen LogP contribution in [0.4, 0.5) is 14.4 Å². The van der Waals surface area contributed by atoms with Crippen molar-refractivity contribution in [1.29, 1.82) is 0 Å². The summed E-state index contributed by atoms with van der Waals surface area (Å²) < 4.78 is 45.7. The molecule has 0 unspecified atom stereocenters. The van der Waals surface area contributed by atoms with Gasteiger partial charge in [-0.3, -0.25) is 0 Å². The first-order valence-electron chi connectivity index (χ1n) is 10.9. The first kappa shape index (κ1) is 30.7. The summed E-state index contributed by atoms with van der Waals surface area (Å²) in [6, 6.07) is 0. The Kier molecular flexibility index (Phi) is 17.8. The van der Waals surface area contributed by atoms with Crippen LogP contribution in [-0.4, -0.2) is 95.7 Å². The molecule has 0 saturated heterocycles. The lowest BCUT2D eigenvalue weighted by Gasteiger charge is -2.18. The van der Waals surface area contributed by atoms with E-state index in [0.29, 0.717) is 0 Å². The van der Waals surface area contributed by atoms with Gasteiger partial charge in [0.15, 0.2) is 0 Å². The number of hydrogen-bond acceptors (Lipinski definition) is 12. The summed E-state index contributed by atoms with van der Waals surface area (Å²) in [6.07, 6.45) is -3.67. The fraction of sp³-hybridized carbons (Fsp3) is 0.857. The highest BCUT2D eigenvalue weighted by molar-refractivity contribution is 5.60. The van der Waals surface area contributed by atoms with Gasteiger partial charge < -0.3 is 42.6 Å². The molecule has 0 aromatic carbocycles. The third kappa shape index (κ3) is 21.3. The minimum absolute atomic E-state index is 0.00902. The number of carbonyl (C=O) groups excluding carboxylic acids is 3. The third-order valence-electron chi connectivity index (χ3n) is 3.16. The Bertz CT molecular complexity index is 503. The van der Waals surface area contributed by atoms with Gasteiger partial charge in [0, 0.05) is 0 Å². The molecule has 0 saturated carbocycles. The van der Waals surface area contributed by atoms with Crippen LogP contribution in [0.15, 0.2) is 0 Å². The first-order valence-corrected chi connectivity index (χ1v) is 10.9. The molecule has 0 atom stereocenters. The van der Waals surface area contributed by atoms with Crippen LogP contribution in [0, 0.1) is 0 Å². The zero-order valence-corrected chi connectivity index (χ0v) is 20.4. The third-order valence-corrected chi connectivity index (χ3v) is 3.16. The van der Waals surface area contributed by atoms with Gasteiger partial charge in [-0.15, -0.1) is 0 Å². The van der Waals surface area contributed by atoms with Crippen LogP contribution < -0.4 is 0 Å². The van der Waals surface area contributed by atoms with Crippen molar-refractivity contribution in [2.45, 2.75) is 66.0 Å². The monoisotopic (exact) mass is 482 g/mol. The standard InChI is InChI=1S/C21H38O12/c1-15(2)31-19(22)28-9-7-25-13-18(27-11-12-30-21(24)33-17(5)6)14-26-8-10-29-20(23)32-16(3)4/h15-18H,7-14H2,1-6H3. The summed E-state index contributed by atoms with van der Waals surface area (Å²) in [7, 11) is 0. The van der Waals surface area contributed by atoms with Crippen molar-refractivity contribution in [3.8, 4) is 0 Å². The Labute approximate surface area is 195 Å².